The van der Waals surface area contributed by atoms with Gasteiger partial charge in [0.2, 0.25) is 0 Å². The van der Waals surface area contributed by atoms with E-state index in [-0.39, 0.29) is 6.10 Å². The Kier molecular flexibility index (Phi) is 8.73. The molecule has 0 saturated heterocycles. The molecule has 1 unspecified atom stereocenters. The van der Waals surface area contributed by atoms with Crippen LogP contribution in [0.1, 0.15) is 43.1 Å². The Hall–Kier alpha value is -2.12. The molecule has 2 aromatic rings. The summed E-state index contributed by atoms with van der Waals surface area (Å²) in [7, 11) is 5.50. The van der Waals surface area contributed by atoms with E-state index in [0.29, 0.717) is 25.6 Å². The van der Waals surface area contributed by atoms with Crippen LogP contribution in [0.3, 0.4) is 0 Å². The predicted molar refractivity (Wildman–Crippen MR) is 116 cm³/mol. The van der Waals surface area contributed by atoms with Crippen LogP contribution in [0.25, 0.3) is 0 Å². The molecule has 0 spiro atoms. The molecule has 0 saturated carbocycles. The molecule has 28 heavy (non-hydrogen) atoms. The number of benzene rings is 1. The highest BCUT2D eigenvalue weighted by Gasteiger charge is 2.13. The molecule has 0 aliphatic rings. The molecule has 1 atom stereocenters. The molecular formula is C21H32N4O2S. The zero-order valence-corrected chi connectivity index (χ0v) is 18.5. The quantitative estimate of drug-likeness (QED) is 0.504. The summed E-state index contributed by atoms with van der Waals surface area (Å²) < 4.78 is 11.3. The fraction of sp³-hybridized carbons (Fsp3) is 0.524. The standard InChI is InChI=1S/C21H32N4O2S/c1-15(2)13-27-19-10-8-7-9-17(19)11-23-21(22-4)25(5)12-18-14-28-20(24-18)16(3)26-6/h7-10,14-16H,11-13H2,1-6H3,(H,22,23). The average Bonchev–Trinajstić information content (AvgIpc) is 3.15. The number of aromatic nitrogens is 1. The third-order valence-electron chi connectivity index (χ3n) is 4.23. The molecule has 0 amide bonds. The van der Waals surface area contributed by atoms with Gasteiger partial charge in [0.1, 0.15) is 16.9 Å². The minimum atomic E-state index is 0.0174. The second kappa shape index (κ2) is 11.0. The smallest absolute Gasteiger partial charge is 0.194 e. The van der Waals surface area contributed by atoms with Crippen molar-refractivity contribution in [3.63, 3.8) is 0 Å². The zero-order chi connectivity index (χ0) is 20.5. The van der Waals surface area contributed by atoms with Crippen LogP contribution in [0.15, 0.2) is 34.6 Å². The van der Waals surface area contributed by atoms with Gasteiger partial charge in [-0.05, 0) is 18.9 Å². The maximum atomic E-state index is 5.94. The molecule has 0 bridgehead atoms. The summed E-state index contributed by atoms with van der Waals surface area (Å²) in [5.74, 6) is 2.22. The van der Waals surface area contributed by atoms with E-state index in [9.17, 15) is 0 Å². The second-order valence-corrected chi connectivity index (χ2v) is 8.01. The Labute approximate surface area is 172 Å². The van der Waals surface area contributed by atoms with Crippen molar-refractivity contribution in [3.8, 4) is 5.75 Å². The van der Waals surface area contributed by atoms with Gasteiger partial charge in [-0.15, -0.1) is 11.3 Å². The van der Waals surface area contributed by atoms with Crippen molar-refractivity contribution >= 4 is 17.3 Å². The number of thiazole rings is 1. The number of guanidine groups is 1. The van der Waals surface area contributed by atoms with E-state index in [1.807, 2.05) is 32.2 Å². The lowest BCUT2D eigenvalue weighted by Crippen LogP contribution is -2.38. The molecule has 0 aliphatic carbocycles. The van der Waals surface area contributed by atoms with Gasteiger partial charge in [0, 0.05) is 38.7 Å². The molecule has 1 aromatic heterocycles. The molecule has 1 heterocycles. The number of para-hydroxylation sites is 1. The van der Waals surface area contributed by atoms with Gasteiger partial charge in [0.25, 0.3) is 0 Å². The van der Waals surface area contributed by atoms with Gasteiger partial charge in [-0.3, -0.25) is 4.99 Å². The van der Waals surface area contributed by atoms with Crippen LogP contribution in [-0.2, 0) is 17.8 Å². The van der Waals surface area contributed by atoms with Crippen LogP contribution >= 0.6 is 11.3 Å². The summed E-state index contributed by atoms with van der Waals surface area (Å²) in [6.07, 6.45) is 0.0174. The number of hydrogen-bond donors (Lipinski definition) is 1. The van der Waals surface area contributed by atoms with Crippen molar-refractivity contribution in [2.24, 2.45) is 10.9 Å². The Balaban J connectivity index is 1.96. The van der Waals surface area contributed by atoms with Gasteiger partial charge in [0.05, 0.1) is 18.8 Å². The lowest BCUT2D eigenvalue weighted by Gasteiger charge is -2.22. The maximum Gasteiger partial charge on any atom is 0.194 e. The van der Waals surface area contributed by atoms with Crippen molar-refractivity contribution in [1.29, 1.82) is 0 Å². The molecule has 2 rings (SSSR count). The number of aliphatic imine (C=N–C) groups is 1. The monoisotopic (exact) mass is 404 g/mol. The average molecular weight is 405 g/mol. The summed E-state index contributed by atoms with van der Waals surface area (Å²) in [6, 6.07) is 8.12. The molecule has 0 aliphatic heterocycles. The SMILES string of the molecule is CN=C(NCc1ccccc1OCC(C)C)N(C)Cc1csc(C(C)OC)n1. The van der Waals surface area contributed by atoms with E-state index < -0.39 is 0 Å². The van der Waals surface area contributed by atoms with E-state index in [0.717, 1.165) is 28.0 Å². The number of ether oxygens (including phenoxy) is 2. The number of nitrogens with zero attached hydrogens (tertiary/aromatic N) is 3. The van der Waals surface area contributed by atoms with Gasteiger partial charge >= 0.3 is 0 Å². The van der Waals surface area contributed by atoms with Crippen LogP contribution in [0, 0.1) is 5.92 Å². The highest BCUT2D eigenvalue weighted by atomic mass is 32.1. The van der Waals surface area contributed by atoms with E-state index in [2.05, 4.69) is 45.5 Å². The highest BCUT2D eigenvalue weighted by molar-refractivity contribution is 7.09. The lowest BCUT2D eigenvalue weighted by molar-refractivity contribution is 0.119. The van der Waals surface area contributed by atoms with Crippen LogP contribution < -0.4 is 10.1 Å². The minimum absolute atomic E-state index is 0.0174. The van der Waals surface area contributed by atoms with Gasteiger partial charge in [0.15, 0.2) is 5.96 Å². The fourth-order valence-corrected chi connectivity index (χ4v) is 3.45. The van der Waals surface area contributed by atoms with E-state index in [1.165, 1.54) is 0 Å². The van der Waals surface area contributed by atoms with E-state index in [4.69, 9.17) is 9.47 Å². The van der Waals surface area contributed by atoms with Gasteiger partial charge in [-0.1, -0.05) is 32.0 Å². The Morgan fingerprint density at radius 3 is 2.71 bits per heavy atom. The fourth-order valence-electron chi connectivity index (χ4n) is 2.61. The van der Waals surface area contributed by atoms with Crippen molar-refractivity contribution in [3.05, 3.63) is 45.9 Å². The van der Waals surface area contributed by atoms with Crippen molar-refractivity contribution in [1.82, 2.24) is 15.2 Å². The normalized spacial score (nSPS) is 12.9. The molecule has 6 nitrogen and oxygen atoms in total. The molecule has 154 valence electrons. The first-order valence-corrected chi connectivity index (χ1v) is 10.4. The third kappa shape index (κ3) is 6.49. The largest absolute Gasteiger partial charge is 0.493 e. The first-order valence-electron chi connectivity index (χ1n) is 9.54. The van der Waals surface area contributed by atoms with Crippen molar-refractivity contribution in [2.45, 2.75) is 40.0 Å². The summed E-state index contributed by atoms with van der Waals surface area (Å²) >= 11 is 1.62. The summed E-state index contributed by atoms with van der Waals surface area (Å²) in [5.41, 5.74) is 2.12. The Morgan fingerprint density at radius 2 is 2.04 bits per heavy atom. The third-order valence-corrected chi connectivity index (χ3v) is 5.28. The maximum absolute atomic E-state index is 5.94. The molecule has 7 heteroatoms. The number of rotatable bonds is 9. The first-order chi connectivity index (χ1) is 13.4. The van der Waals surface area contributed by atoms with Crippen LogP contribution in [0.5, 0.6) is 5.75 Å². The lowest BCUT2D eigenvalue weighted by atomic mass is 10.2. The van der Waals surface area contributed by atoms with Gasteiger partial charge in [-0.2, -0.15) is 0 Å². The minimum Gasteiger partial charge on any atom is -0.493 e. The topological polar surface area (TPSA) is 59.0 Å². The molecular weight excluding hydrogens is 372 g/mol. The zero-order valence-electron chi connectivity index (χ0n) is 17.7. The van der Waals surface area contributed by atoms with Crippen molar-refractivity contribution in [2.75, 3.05) is 27.8 Å². The summed E-state index contributed by atoms with van der Waals surface area (Å²) in [6.45, 7) is 8.33. The van der Waals surface area contributed by atoms with Crippen LogP contribution in [0.4, 0.5) is 0 Å². The number of nitrogens with one attached hydrogen (secondary N) is 1. The van der Waals surface area contributed by atoms with Crippen LogP contribution in [-0.4, -0.2) is 43.7 Å². The predicted octanol–water partition coefficient (Wildman–Crippen LogP) is 4.09. The van der Waals surface area contributed by atoms with Gasteiger partial charge in [-0.25, -0.2) is 4.98 Å². The van der Waals surface area contributed by atoms with E-state index >= 15 is 0 Å². The van der Waals surface area contributed by atoms with Gasteiger partial charge < -0.3 is 19.7 Å². The summed E-state index contributed by atoms with van der Waals surface area (Å²) in [4.78, 5) is 11.1. The van der Waals surface area contributed by atoms with E-state index in [1.54, 1.807) is 25.5 Å². The Morgan fingerprint density at radius 1 is 1.29 bits per heavy atom. The molecule has 1 aromatic carbocycles. The van der Waals surface area contributed by atoms with Crippen LogP contribution in [0.2, 0.25) is 0 Å². The molecule has 0 fully saturated rings. The highest BCUT2D eigenvalue weighted by Crippen LogP contribution is 2.21. The second-order valence-electron chi connectivity index (χ2n) is 7.12. The summed E-state index contributed by atoms with van der Waals surface area (Å²) in [5, 5.41) is 6.49. The Bertz CT molecular complexity index is 760. The van der Waals surface area contributed by atoms with Crippen molar-refractivity contribution < 1.29 is 9.47 Å². The number of methoxy groups -OCH3 is 1. The number of hydrogen-bond acceptors (Lipinski definition) is 5. The molecule has 1 N–H and O–H groups in total. The molecule has 0 radical (unpaired) electrons. The first kappa shape index (κ1) is 22.2.